The van der Waals surface area contributed by atoms with Crippen molar-refractivity contribution in [3.63, 3.8) is 0 Å². The van der Waals surface area contributed by atoms with Crippen molar-refractivity contribution in [2.45, 2.75) is 37.6 Å². The van der Waals surface area contributed by atoms with Crippen molar-refractivity contribution in [3.8, 4) is 0 Å². The molecule has 0 fully saturated rings. The van der Waals surface area contributed by atoms with Crippen LogP contribution in [0, 0.1) is 0 Å². The van der Waals surface area contributed by atoms with Crippen molar-refractivity contribution in [1.29, 1.82) is 0 Å². The molecule has 0 saturated carbocycles. The number of aliphatic hydroxyl groups excluding tert-OH is 1. The second-order valence-corrected chi connectivity index (χ2v) is 8.03. The fraction of sp³-hybridized carbons (Fsp3) is 0.600. The number of sulfone groups is 1. The van der Waals surface area contributed by atoms with E-state index in [1.54, 1.807) is 24.3 Å². The number of aliphatic hydroxyl groups is 1. The van der Waals surface area contributed by atoms with Gasteiger partial charge in [0.15, 0.2) is 9.84 Å². The summed E-state index contributed by atoms with van der Waals surface area (Å²) in [6.45, 7) is 5.19. The third kappa shape index (κ3) is 5.70. The quantitative estimate of drug-likeness (QED) is 0.718. The van der Waals surface area contributed by atoms with Crippen LogP contribution in [0.5, 0.6) is 0 Å². The fourth-order valence-corrected chi connectivity index (χ4v) is 3.93. The average Bonchev–Trinajstić information content (AvgIpc) is 2.46. The van der Waals surface area contributed by atoms with Crippen LogP contribution in [-0.4, -0.2) is 49.9 Å². The van der Waals surface area contributed by atoms with Crippen molar-refractivity contribution in [2.24, 2.45) is 0 Å². The normalized spacial score (nSPS) is 12.3. The lowest BCUT2D eigenvalue weighted by Gasteiger charge is -2.29. The first-order valence-corrected chi connectivity index (χ1v) is 9.72. The maximum absolute atomic E-state index is 12.3. The van der Waals surface area contributed by atoms with Gasteiger partial charge in [-0.05, 0) is 37.1 Å². The molecule has 1 N–H and O–H groups in total. The first kappa shape index (κ1) is 18.6. The zero-order valence-corrected chi connectivity index (χ0v) is 15.0. The Balaban J connectivity index is 2.75. The molecule has 0 bridgehead atoms. The van der Waals surface area contributed by atoms with E-state index in [-0.39, 0.29) is 12.4 Å². The molecule has 6 heteroatoms. The Morgan fingerprint density at radius 1 is 1.14 bits per heavy atom. The van der Waals surface area contributed by atoms with E-state index in [2.05, 4.69) is 34.7 Å². The second-order valence-electron chi connectivity index (χ2n) is 5.00. The summed E-state index contributed by atoms with van der Waals surface area (Å²) >= 11 is 3.30. The minimum Gasteiger partial charge on any atom is -0.395 e. The predicted octanol–water partition coefficient (Wildman–Crippen LogP) is 2.71. The van der Waals surface area contributed by atoms with Gasteiger partial charge in [0, 0.05) is 23.6 Å². The van der Waals surface area contributed by atoms with E-state index in [4.69, 9.17) is 5.11 Å². The third-order valence-corrected chi connectivity index (χ3v) is 5.91. The summed E-state index contributed by atoms with van der Waals surface area (Å²) in [4.78, 5) is 2.41. The number of hydrogen-bond acceptors (Lipinski definition) is 4. The van der Waals surface area contributed by atoms with E-state index < -0.39 is 9.84 Å². The Bertz CT molecular complexity index is 512. The van der Waals surface area contributed by atoms with Crippen LogP contribution < -0.4 is 0 Å². The van der Waals surface area contributed by atoms with E-state index in [9.17, 15) is 8.42 Å². The molecule has 0 radical (unpaired) electrons. The van der Waals surface area contributed by atoms with E-state index in [0.717, 1.165) is 17.3 Å². The maximum Gasteiger partial charge on any atom is 0.179 e. The number of rotatable bonds is 9. The highest BCUT2D eigenvalue weighted by molar-refractivity contribution is 9.10. The van der Waals surface area contributed by atoms with Gasteiger partial charge in [-0.25, -0.2) is 8.42 Å². The lowest BCUT2D eigenvalue weighted by atomic mass is 10.1. The molecule has 1 aromatic carbocycles. The first-order chi connectivity index (χ1) is 9.94. The molecule has 21 heavy (non-hydrogen) atoms. The van der Waals surface area contributed by atoms with E-state index in [1.165, 1.54) is 0 Å². The van der Waals surface area contributed by atoms with Crippen LogP contribution in [0.2, 0.25) is 0 Å². The van der Waals surface area contributed by atoms with E-state index in [0.29, 0.717) is 24.0 Å². The van der Waals surface area contributed by atoms with Gasteiger partial charge in [0.25, 0.3) is 0 Å². The van der Waals surface area contributed by atoms with Crippen LogP contribution in [0.15, 0.2) is 33.6 Å². The SMILES string of the molecule is CCC(CC)N(CCO)CCS(=O)(=O)c1ccc(Br)cc1. The van der Waals surface area contributed by atoms with Crippen molar-refractivity contribution in [2.75, 3.05) is 25.4 Å². The average molecular weight is 378 g/mol. The Hall–Kier alpha value is -0.430. The van der Waals surface area contributed by atoms with E-state index in [1.807, 2.05) is 0 Å². The molecule has 0 saturated heterocycles. The molecule has 1 aromatic rings. The molecule has 0 aliphatic rings. The Kier molecular flexibility index (Phi) is 7.87. The third-order valence-electron chi connectivity index (χ3n) is 3.67. The van der Waals surface area contributed by atoms with Crippen LogP contribution in [0.3, 0.4) is 0 Å². The zero-order chi connectivity index (χ0) is 15.9. The van der Waals surface area contributed by atoms with Gasteiger partial charge in [-0.2, -0.15) is 0 Å². The van der Waals surface area contributed by atoms with Crippen LogP contribution in [0.1, 0.15) is 26.7 Å². The van der Waals surface area contributed by atoms with Crippen molar-refractivity contribution >= 4 is 25.8 Å². The van der Waals surface area contributed by atoms with E-state index >= 15 is 0 Å². The van der Waals surface area contributed by atoms with Crippen LogP contribution in [0.4, 0.5) is 0 Å². The summed E-state index contributed by atoms with van der Waals surface area (Å²) in [5.41, 5.74) is 0. The molecule has 0 aromatic heterocycles. The molecule has 0 aliphatic carbocycles. The summed E-state index contributed by atoms with van der Waals surface area (Å²) in [5, 5.41) is 9.16. The molecule has 0 heterocycles. The topological polar surface area (TPSA) is 57.6 Å². The summed E-state index contributed by atoms with van der Waals surface area (Å²) in [6.07, 6.45) is 1.91. The molecule has 0 unspecified atom stereocenters. The first-order valence-electron chi connectivity index (χ1n) is 7.27. The molecular weight excluding hydrogens is 354 g/mol. The molecule has 1 rings (SSSR count). The Labute approximate surface area is 136 Å². The largest absolute Gasteiger partial charge is 0.395 e. The molecule has 0 aliphatic heterocycles. The summed E-state index contributed by atoms with van der Waals surface area (Å²) in [7, 11) is -3.28. The van der Waals surface area contributed by atoms with Crippen molar-refractivity contribution in [3.05, 3.63) is 28.7 Å². The highest BCUT2D eigenvalue weighted by Crippen LogP contribution is 2.17. The monoisotopic (exact) mass is 377 g/mol. The minimum atomic E-state index is -3.28. The van der Waals surface area contributed by atoms with Crippen LogP contribution >= 0.6 is 15.9 Å². The van der Waals surface area contributed by atoms with Crippen LogP contribution in [0.25, 0.3) is 0 Å². The molecule has 0 amide bonds. The highest BCUT2D eigenvalue weighted by Gasteiger charge is 2.20. The van der Waals surface area contributed by atoms with Crippen molar-refractivity contribution in [1.82, 2.24) is 4.90 Å². The molecule has 0 atom stereocenters. The van der Waals surface area contributed by atoms with Gasteiger partial charge in [0.1, 0.15) is 0 Å². The number of halogens is 1. The lowest BCUT2D eigenvalue weighted by Crippen LogP contribution is -2.39. The molecule has 120 valence electrons. The Morgan fingerprint density at radius 3 is 2.19 bits per heavy atom. The highest BCUT2D eigenvalue weighted by atomic mass is 79.9. The summed E-state index contributed by atoms with van der Waals surface area (Å²) in [6, 6.07) is 7.02. The van der Waals surface area contributed by atoms with Gasteiger partial charge in [0.2, 0.25) is 0 Å². The molecular formula is C15H24BrNO3S. The number of benzene rings is 1. The summed E-state index contributed by atoms with van der Waals surface area (Å²) < 4.78 is 25.6. The van der Waals surface area contributed by atoms with Gasteiger partial charge in [0.05, 0.1) is 17.3 Å². The van der Waals surface area contributed by atoms with Gasteiger partial charge in [-0.1, -0.05) is 29.8 Å². The predicted molar refractivity (Wildman–Crippen MR) is 89.2 cm³/mol. The number of hydrogen-bond donors (Lipinski definition) is 1. The van der Waals surface area contributed by atoms with Gasteiger partial charge in [-0.3, -0.25) is 4.90 Å². The lowest BCUT2D eigenvalue weighted by molar-refractivity contribution is 0.151. The molecule has 0 spiro atoms. The number of nitrogens with zero attached hydrogens (tertiary/aromatic N) is 1. The smallest absolute Gasteiger partial charge is 0.179 e. The van der Waals surface area contributed by atoms with Gasteiger partial charge >= 0.3 is 0 Å². The van der Waals surface area contributed by atoms with Crippen LogP contribution in [-0.2, 0) is 9.84 Å². The minimum absolute atomic E-state index is 0.0504. The van der Waals surface area contributed by atoms with Gasteiger partial charge in [-0.15, -0.1) is 0 Å². The fourth-order valence-electron chi connectivity index (χ4n) is 2.41. The standard InChI is InChI=1S/C15H24BrNO3S/c1-3-14(4-2)17(9-11-18)10-12-21(19,20)15-7-5-13(16)6-8-15/h5-8,14,18H,3-4,9-12H2,1-2H3. The molecule has 4 nitrogen and oxygen atoms in total. The maximum atomic E-state index is 12.3. The second kappa shape index (κ2) is 8.88. The Morgan fingerprint density at radius 2 is 1.71 bits per heavy atom. The summed E-state index contributed by atoms with van der Waals surface area (Å²) in [5.74, 6) is 0.0745. The van der Waals surface area contributed by atoms with Gasteiger partial charge < -0.3 is 5.11 Å². The van der Waals surface area contributed by atoms with Crippen molar-refractivity contribution < 1.29 is 13.5 Å². The zero-order valence-electron chi connectivity index (χ0n) is 12.6.